The van der Waals surface area contributed by atoms with Crippen molar-refractivity contribution in [3.8, 4) is 0 Å². The number of alkyl halides is 4. The number of hydrogen-bond donors (Lipinski definition) is 0. The number of Topliss-reactive ketones (excluding diaryl/α,β-unsaturated/α-hetero) is 1. The summed E-state index contributed by atoms with van der Waals surface area (Å²) in [5, 5.41) is -1.04. The van der Waals surface area contributed by atoms with Gasteiger partial charge in [-0.15, -0.1) is 11.6 Å². The molecule has 0 aliphatic carbocycles. The number of carbonyl (C=O) groups excluding carboxylic acids is 1. The fourth-order valence-electron chi connectivity index (χ4n) is 1.54. The standard InChI is InChI=1S/C12H12ClF3OS/c1-3-8-5-4-6-9(10(13)7(2)17)11(8)18-12(14,15)16/h4-6,10H,3H2,1-2H3. The number of carbonyl (C=O) groups is 1. The second-order valence-electron chi connectivity index (χ2n) is 3.71. The van der Waals surface area contributed by atoms with Crippen LogP contribution in [0.15, 0.2) is 23.1 Å². The highest BCUT2D eigenvalue weighted by atomic mass is 35.5. The maximum Gasteiger partial charge on any atom is 0.446 e. The molecule has 0 heterocycles. The van der Waals surface area contributed by atoms with E-state index in [1.807, 2.05) is 0 Å². The van der Waals surface area contributed by atoms with E-state index in [-0.39, 0.29) is 28.0 Å². The van der Waals surface area contributed by atoms with E-state index >= 15 is 0 Å². The largest absolute Gasteiger partial charge is 0.446 e. The van der Waals surface area contributed by atoms with Gasteiger partial charge in [0.2, 0.25) is 0 Å². The molecule has 18 heavy (non-hydrogen) atoms. The van der Waals surface area contributed by atoms with Gasteiger partial charge in [-0.25, -0.2) is 0 Å². The Balaban J connectivity index is 3.29. The molecule has 0 radical (unpaired) electrons. The Hall–Kier alpha value is -0.680. The summed E-state index contributed by atoms with van der Waals surface area (Å²) in [7, 11) is 0. The molecule has 0 aliphatic rings. The number of thioether (sulfide) groups is 1. The smallest absolute Gasteiger partial charge is 0.298 e. The third-order valence-electron chi connectivity index (χ3n) is 2.36. The molecule has 0 fully saturated rings. The van der Waals surface area contributed by atoms with Crippen molar-refractivity contribution >= 4 is 29.1 Å². The maximum absolute atomic E-state index is 12.5. The minimum atomic E-state index is -4.40. The number of aryl methyl sites for hydroxylation is 1. The lowest BCUT2D eigenvalue weighted by atomic mass is 10.0. The zero-order valence-corrected chi connectivity index (χ0v) is 11.4. The molecule has 0 saturated carbocycles. The van der Waals surface area contributed by atoms with Crippen LogP contribution in [-0.4, -0.2) is 11.3 Å². The van der Waals surface area contributed by atoms with Gasteiger partial charge in [0.25, 0.3) is 0 Å². The van der Waals surface area contributed by atoms with Crippen LogP contribution in [0.4, 0.5) is 13.2 Å². The van der Waals surface area contributed by atoms with Gasteiger partial charge in [-0.3, -0.25) is 4.79 Å². The normalized spacial score (nSPS) is 13.4. The van der Waals surface area contributed by atoms with E-state index in [4.69, 9.17) is 11.6 Å². The molecule has 1 rings (SSSR count). The Labute approximate surface area is 113 Å². The molecule has 0 aromatic heterocycles. The van der Waals surface area contributed by atoms with Crippen LogP contribution in [0.25, 0.3) is 0 Å². The van der Waals surface area contributed by atoms with E-state index in [9.17, 15) is 18.0 Å². The lowest BCUT2D eigenvalue weighted by molar-refractivity contribution is -0.116. The first kappa shape index (κ1) is 15.4. The fraction of sp³-hybridized carbons (Fsp3) is 0.417. The van der Waals surface area contributed by atoms with E-state index in [0.29, 0.717) is 12.0 Å². The average Bonchev–Trinajstić information content (AvgIpc) is 2.26. The number of hydrogen-bond acceptors (Lipinski definition) is 2. The molecule has 0 aliphatic heterocycles. The van der Waals surface area contributed by atoms with E-state index in [0.717, 1.165) is 0 Å². The Bertz CT molecular complexity index is 445. The van der Waals surface area contributed by atoms with Gasteiger partial charge in [-0.05, 0) is 36.2 Å². The lowest BCUT2D eigenvalue weighted by Gasteiger charge is -2.17. The maximum atomic E-state index is 12.5. The summed E-state index contributed by atoms with van der Waals surface area (Å²) < 4.78 is 37.6. The zero-order valence-electron chi connectivity index (χ0n) is 9.84. The van der Waals surface area contributed by atoms with Crippen LogP contribution >= 0.6 is 23.4 Å². The Morgan fingerprint density at radius 2 is 2.06 bits per heavy atom. The lowest BCUT2D eigenvalue weighted by Crippen LogP contribution is -2.08. The molecule has 0 N–H and O–H groups in total. The third kappa shape index (κ3) is 3.92. The van der Waals surface area contributed by atoms with Crippen LogP contribution in [-0.2, 0) is 11.2 Å². The topological polar surface area (TPSA) is 17.1 Å². The summed E-state index contributed by atoms with van der Waals surface area (Å²) in [6, 6.07) is 4.69. The van der Waals surface area contributed by atoms with Crippen molar-refractivity contribution < 1.29 is 18.0 Å². The Morgan fingerprint density at radius 3 is 2.50 bits per heavy atom. The van der Waals surface area contributed by atoms with Crippen molar-refractivity contribution in [3.63, 3.8) is 0 Å². The monoisotopic (exact) mass is 296 g/mol. The highest BCUT2D eigenvalue weighted by Crippen LogP contribution is 2.43. The molecule has 0 amide bonds. The molecule has 0 saturated heterocycles. The molecule has 1 unspecified atom stereocenters. The van der Waals surface area contributed by atoms with Crippen molar-refractivity contribution in [3.05, 3.63) is 29.3 Å². The molecule has 1 aromatic carbocycles. The Kier molecular flexibility index (Phi) is 5.10. The van der Waals surface area contributed by atoms with E-state index in [1.54, 1.807) is 19.1 Å². The highest BCUT2D eigenvalue weighted by Gasteiger charge is 2.33. The Morgan fingerprint density at radius 1 is 1.44 bits per heavy atom. The van der Waals surface area contributed by atoms with Crippen LogP contribution in [0.1, 0.15) is 30.4 Å². The number of rotatable bonds is 4. The van der Waals surface area contributed by atoms with Crippen molar-refractivity contribution in [1.29, 1.82) is 0 Å². The molecule has 6 heteroatoms. The summed E-state index contributed by atoms with van der Waals surface area (Å²) in [6.45, 7) is 3.02. The van der Waals surface area contributed by atoms with Crippen molar-refractivity contribution in [2.45, 2.75) is 36.0 Å². The third-order valence-corrected chi connectivity index (χ3v) is 3.83. The van der Waals surface area contributed by atoms with Crippen LogP contribution < -0.4 is 0 Å². The highest BCUT2D eigenvalue weighted by molar-refractivity contribution is 8.00. The average molecular weight is 297 g/mol. The zero-order chi connectivity index (χ0) is 13.9. The second kappa shape index (κ2) is 5.97. The van der Waals surface area contributed by atoms with E-state index in [1.165, 1.54) is 13.0 Å². The van der Waals surface area contributed by atoms with Gasteiger partial charge in [-0.1, -0.05) is 25.1 Å². The van der Waals surface area contributed by atoms with E-state index in [2.05, 4.69) is 0 Å². The second-order valence-corrected chi connectivity index (χ2v) is 5.22. The predicted molar refractivity (Wildman–Crippen MR) is 67.0 cm³/mol. The molecular formula is C12H12ClF3OS. The van der Waals surface area contributed by atoms with Crippen molar-refractivity contribution in [2.24, 2.45) is 0 Å². The van der Waals surface area contributed by atoms with Crippen LogP contribution in [0.3, 0.4) is 0 Å². The van der Waals surface area contributed by atoms with Crippen LogP contribution in [0, 0.1) is 0 Å². The van der Waals surface area contributed by atoms with Gasteiger partial charge >= 0.3 is 5.51 Å². The molecule has 1 atom stereocenters. The quantitative estimate of drug-likeness (QED) is 0.590. The van der Waals surface area contributed by atoms with Gasteiger partial charge in [0, 0.05) is 4.90 Å². The SMILES string of the molecule is CCc1cccc(C(Cl)C(C)=O)c1SC(F)(F)F. The number of benzene rings is 1. The van der Waals surface area contributed by atoms with Gasteiger partial charge in [0.05, 0.1) is 0 Å². The van der Waals surface area contributed by atoms with Crippen LogP contribution in [0.2, 0.25) is 0 Å². The summed E-state index contributed by atoms with van der Waals surface area (Å²) in [5.74, 6) is -0.367. The molecule has 100 valence electrons. The molecule has 1 nitrogen and oxygen atoms in total. The van der Waals surface area contributed by atoms with E-state index < -0.39 is 10.9 Å². The summed E-state index contributed by atoms with van der Waals surface area (Å²) in [4.78, 5) is 11.3. The minimum Gasteiger partial charge on any atom is -0.298 e. The van der Waals surface area contributed by atoms with Gasteiger partial charge < -0.3 is 0 Å². The first-order valence-corrected chi connectivity index (χ1v) is 6.53. The predicted octanol–water partition coefficient (Wildman–Crippen LogP) is 4.73. The number of ketones is 1. The molecule has 1 aromatic rings. The summed E-state index contributed by atoms with van der Waals surface area (Å²) in [5.41, 5.74) is -3.62. The molecular weight excluding hydrogens is 285 g/mol. The molecule has 0 spiro atoms. The number of halogens is 4. The summed E-state index contributed by atoms with van der Waals surface area (Å²) >= 11 is 5.66. The minimum absolute atomic E-state index is 0.0442. The van der Waals surface area contributed by atoms with Gasteiger partial charge in [0.15, 0.2) is 5.78 Å². The summed E-state index contributed by atoms with van der Waals surface area (Å²) in [6.07, 6.45) is 0.452. The molecule has 0 bridgehead atoms. The van der Waals surface area contributed by atoms with Crippen LogP contribution in [0.5, 0.6) is 0 Å². The van der Waals surface area contributed by atoms with Gasteiger partial charge in [0.1, 0.15) is 5.38 Å². The fourth-order valence-corrected chi connectivity index (χ4v) is 2.67. The first-order valence-electron chi connectivity index (χ1n) is 5.28. The first-order chi connectivity index (χ1) is 8.26. The van der Waals surface area contributed by atoms with Crippen molar-refractivity contribution in [1.82, 2.24) is 0 Å². The van der Waals surface area contributed by atoms with Gasteiger partial charge in [-0.2, -0.15) is 13.2 Å². The van der Waals surface area contributed by atoms with Crippen molar-refractivity contribution in [2.75, 3.05) is 0 Å².